The van der Waals surface area contributed by atoms with Crippen LogP contribution in [0.2, 0.25) is 0 Å². The Bertz CT molecular complexity index is 548. The monoisotopic (exact) mass is 273 g/mol. The zero-order chi connectivity index (χ0) is 13.9. The molecular weight excluding hydrogens is 254 g/mol. The SMILES string of the molecule is CN1CCN(c2noc([C@H](N)c3ccccc3)n2)CC1. The predicted octanol–water partition coefficient (Wildman–Crippen LogP) is 0.869. The van der Waals surface area contributed by atoms with Gasteiger partial charge in [0.25, 0.3) is 5.95 Å². The Hall–Kier alpha value is -1.92. The fraction of sp³-hybridized carbons (Fsp3) is 0.429. The number of aromatic nitrogens is 2. The van der Waals surface area contributed by atoms with Gasteiger partial charge in [-0.3, -0.25) is 0 Å². The number of rotatable bonds is 3. The predicted molar refractivity (Wildman–Crippen MR) is 76.5 cm³/mol. The molecule has 1 aromatic carbocycles. The molecule has 0 unspecified atom stereocenters. The minimum atomic E-state index is -0.370. The molecule has 0 radical (unpaired) electrons. The van der Waals surface area contributed by atoms with Gasteiger partial charge >= 0.3 is 0 Å². The highest BCUT2D eigenvalue weighted by Gasteiger charge is 2.22. The first-order valence-electron chi connectivity index (χ1n) is 6.81. The number of nitrogens with zero attached hydrogens (tertiary/aromatic N) is 4. The number of hydrogen-bond acceptors (Lipinski definition) is 6. The molecule has 2 aromatic rings. The van der Waals surface area contributed by atoms with Gasteiger partial charge in [0.1, 0.15) is 6.04 Å². The highest BCUT2D eigenvalue weighted by atomic mass is 16.5. The Morgan fingerprint density at radius 1 is 1.15 bits per heavy atom. The molecule has 1 aliphatic rings. The number of piperazine rings is 1. The molecular formula is C14H19N5O. The lowest BCUT2D eigenvalue weighted by atomic mass is 10.1. The van der Waals surface area contributed by atoms with Gasteiger partial charge in [0, 0.05) is 26.2 Å². The summed E-state index contributed by atoms with van der Waals surface area (Å²) in [5.41, 5.74) is 7.13. The molecule has 3 rings (SSSR count). The molecule has 0 aliphatic carbocycles. The van der Waals surface area contributed by atoms with E-state index in [1.54, 1.807) is 0 Å². The third-order valence-corrected chi connectivity index (χ3v) is 3.64. The van der Waals surface area contributed by atoms with Gasteiger partial charge < -0.3 is 20.1 Å². The van der Waals surface area contributed by atoms with Crippen molar-refractivity contribution >= 4 is 5.95 Å². The summed E-state index contributed by atoms with van der Waals surface area (Å²) in [6.45, 7) is 3.84. The second-order valence-electron chi connectivity index (χ2n) is 5.11. The maximum atomic E-state index is 6.16. The summed E-state index contributed by atoms with van der Waals surface area (Å²) < 4.78 is 5.32. The van der Waals surface area contributed by atoms with Crippen LogP contribution >= 0.6 is 0 Å². The van der Waals surface area contributed by atoms with Crippen molar-refractivity contribution in [2.75, 3.05) is 38.1 Å². The van der Waals surface area contributed by atoms with Crippen molar-refractivity contribution in [2.24, 2.45) is 5.73 Å². The highest BCUT2D eigenvalue weighted by Crippen LogP contribution is 2.20. The van der Waals surface area contributed by atoms with Gasteiger partial charge in [-0.25, -0.2) is 0 Å². The zero-order valence-electron chi connectivity index (χ0n) is 11.6. The van der Waals surface area contributed by atoms with Crippen LogP contribution in [-0.2, 0) is 0 Å². The van der Waals surface area contributed by atoms with Gasteiger partial charge in [0.2, 0.25) is 5.89 Å². The van der Waals surface area contributed by atoms with Crippen molar-refractivity contribution in [3.63, 3.8) is 0 Å². The van der Waals surface area contributed by atoms with Crippen LogP contribution in [0.1, 0.15) is 17.5 Å². The van der Waals surface area contributed by atoms with Crippen LogP contribution in [-0.4, -0.2) is 48.3 Å². The molecule has 0 spiro atoms. The van der Waals surface area contributed by atoms with Crippen molar-refractivity contribution in [3.05, 3.63) is 41.8 Å². The Kier molecular flexibility index (Phi) is 3.66. The zero-order valence-corrected chi connectivity index (χ0v) is 11.6. The van der Waals surface area contributed by atoms with Crippen LogP contribution in [0.4, 0.5) is 5.95 Å². The summed E-state index contributed by atoms with van der Waals surface area (Å²) in [5.74, 6) is 1.10. The van der Waals surface area contributed by atoms with E-state index < -0.39 is 0 Å². The van der Waals surface area contributed by atoms with Crippen LogP contribution in [0.15, 0.2) is 34.9 Å². The largest absolute Gasteiger partial charge is 0.336 e. The third kappa shape index (κ3) is 2.66. The average molecular weight is 273 g/mol. The summed E-state index contributed by atoms with van der Waals surface area (Å²) >= 11 is 0. The van der Waals surface area contributed by atoms with E-state index in [9.17, 15) is 0 Å². The number of benzene rings is 1. The molecule has 1 aromatic heterocycles. The molecule has 0 amide bonds. The van der Waals surface area contributed by atoms with Crippen LogP contribution in [0.25, 0.3) is 0 Å². The molecule has 6 heteroatoms. The summed E-state index contributed by atoms with van der Waals surface area (Å²) in [7, 11) is 2.12. The van der Waals surface area contributed by atoms with Gasteiger partial charge in [-0.1, -0.05) is 30.3 Å². The summed E-state index contributed by atoms with van der Waals surface area (Å²) in [4.78, 5) is 8.85. The quantitative estimate of drug-likeness (QED) is 0.894. The molecule has 20 heavy (non-hydrogen) atoms. The second kappa shape index (κ2) is 5.60. The van der Waals surface area contributed by atoms with E-state index in [1.807, 2.05) is 30.3 Å². The molecule has 1 fully saturated rings. The lowest BCUT2D eigenvalue weighted by Gasteiger charge is -2.31. The number of likely N-dealkylation sites (N-methyl/N-ethyl adjacent to an activating group) is 1. The smallest absolute Gasteiger partial charge is 0.266 e. The minimum absolute atomic E-state index is 0.370. The van der Waals surface area contributed by atoms with Crippen molar-refractivity contribution in [2.45, 2.75) is 6.04 Å². The molecule has 0 saturated carbocycles. The number of anilines is 1. The minimum Gasteiger partial charge on any atom is -0.336 e. The van der Waals surface area contributed by atoms with E-state index in [1.165, 1.54) is 0 Å². The fourth-order valence-electron chi connectivity index (χ4n) is 2.29. The van der Waals surface area contributed by atoms with E-state index in [0.29, 0.717) is 11.8 Å². The molecule has 0 bridgehead atoms. The van der Waals surface area contributed by atoms with Gasteiger partial charge in [0.15, 0.2) is 0 Å². The van der Waals surface area contributed by atoms with Crippen LogP contribution in [0.5, 0.6) is 0 Å². The molecule has 1 atom stereocenters. The molecule has 1 saturated heterocycles. The lowest BCUT2D eigenvalue weighted by molar-refractivity contribution is 0.308. The van der Waals surface area contributed by atoms with Crippen LogP contribution in [0.3, 0.4) is 0 Å². The second-order valence-corrected chi connectivity index (χ2v) is 5.11. The van der Waals surface area contributed by atoms with Gasteiger partial charge in [-0.05, 0) is 17.8 Å². The van der Waals surface area contributed by atoms with Crippen molar-refractivity contribution < 1.29 is 4.52 Å². The van der Waals surface area contributed by atoms with Gasteiger partial charge in [0.05, 0.1) is 0 Å². The third-order valence-electron chi connectivity index (χ3n) is 3.64. The summed E-state index contributed by atoms with van der Waals surface area (Å²) in [5, 5.41) is 4.05. The fourth-order valence-corrected chi connectivity index (χ4v) is 2.29. The maximum Gasteiger partial charge on any atom is 0.266 e. The van der Waals surface area contributed by atoms with E-state index in [2.05, 4.69) is 27.0 Å². The van der Waals surface area contributed by atoms with E-state index in [0.717, 1.165) is 31.7 Å². The Morgan fingerprint density at radius 2 is 1.85 bits per heavy atom. The molecule has 6 nitrogen and oxygen atoms in total. The first-order chi connectivity index (χ1) is 9.74. The first-order valence-corrected chi connectivity index (χ1v) is 6.81. The Balaban J connectivity index is 1.73. The molecule has 1 aliphatic heterocycles. The summed E-state index contributed by atoms with van der Waals surface area (Å²) in [6, 6.07) is 9.42. The normalized spacial score (nSPS) is 18.2. The van der Waals surface area contributed by atoms with Crippen molar-refractivity contribution in [3.8, 4) is 0 Å². The molecule has 2 heterocycles. The van der Waals surface area contributed by atoms with Gasteiger partial charge in [-0.2, -0.15) is 4.98 Å². The molecule has 106 valence electrons. The lowest BCUT2D eigenvalue weighted by Crippen LogP contribution is -2.44. The van der Waals surface area contributed by atoms with Crippen LogP contribution in [0, 0.1) is 0 Å². The number of hydrogen-bond donors (Lipinski definition) is 1. The number of nitrogens with two attached hydrogens (primary N) is 1. The summed E-state index contributed by atoms with van der Waals surface area (Å²) in [6.07, 6.45) is 0. The van der Waals surface area contributed by atoms with E-state index in [-0.39, 0.29) is 6.04 Å². The van der Waals surface area contributed by atoms with Crippen LogP contribution < -0.4 is 10.6 Å². The first kappa shape index (κ1) is 13.1. The van der Waals surface area contributed by atoms with E-state index >= 15 is 0 Å². The van der Waals surface area contributed by atoms with Crippen molar-refractivity contribution in [1.82, 2.24) is 15.0 Å². The maximum absolute atomic E-state index is 6.16. The average Bonchev–Trinajstić information content (AvgIpc) is 2.98. The van der Waals surface area contributed by atoms with Gasteiger partial charge in [-0.15, -0.1) is 0 Å². The topological polar surface area (TPSA) is 71.4 Å². The molecule has 2 N–H and O–H groups in total. The standard InChI is InChI=1S/C14H19N5O/c1-18-7-9-19(10-8-18)14-16-13(20-17-14)12(15)11-5-3-2-4-6-11/h2-6,12H,7-10,15H2,1H3/t12-/m1/s1. The van der Waals surface area contributed by atoms with E-state index in [4.69, 9.17) is 10.3 Å². The van der Waals surface area contributed by atoms with Crippen molar-refractivity contribution in [1.29, 1.82) is 0 Å². The highest BCUT2D eigenvalue weighted by molar-refractivity contribution is 5.31. The Morgan fingerprint density at radius 3 is 2.55 bits per heavy atom. The Labute approximate surface area is 118 Å².